The molecule has 0 fully saturated rings. The molecule has 0 unspecified atom stereocenters. The molecule has 2 heterocycles. The number of aromatic nitrogens is 2. The number of nitrogens with zero attached hydrogens (tertiary/aromatic N) is 2. The van der Waals surface area contributed by atoms with Gasteiger partial charge in [-0.05, 0) is 44.7 Å². The summed E-state index contributed by atoms with van der Waals surface area (Å²) in [7, 11) is 0. The molecule has 0 N–H and O–H groups in total. The molecule has 0 atom stereocenters. The summed E-state index contributed by atoms with van der Waals surface area (Å²) in [6.45, 7) is 2.85. The Bertz CT molecular complexity index is 505. The molecule has 0 aliphatic carbocycles. The van der Waals surface area contributed by atoms with Gasteiger partial charge >= 0.3 is 0 Å². The maximum absolute atomic E-state index is 12.2. The topological polar surface area (TPSA) is 34.9 Å². The van der Waals surface area contributed by atoms with E-state index in [1.165, 1.54) is 0 Å². The predicted molar refractivity (Wildman–Crippen MR) is 72.6 cm³/mol. The molecule has 0 saturated carbocycles. The number of ketones is 1. The van der Waals surface area contributed by atoms with Gasteiger partial charge in [0.2, 0.25) is 0 Å². The van der Waals surface area contributed by atoms with Crippen LogP contribution in [0.1, 0.15) is 29.4 Å². The zero-order chi connectivity index (χ0) is 12.3. The molecule has 0 aliphatic rings. The Balaban J connectivity index is 2.21. The molecule has 0 spiro atoms. The maximum atomic E-state index is 12.2. The van der Waals surface area contributed by atoms with Gasteiger partial charge in [-0.1, -0.05) is 6.92 Å². The minimum Gasteiger partial charge on any atom is -0.292 e. The molecule has 5 heteroatoms. The van der Waals surface area contributed by atoms with E-state index in [0.717, 1.165) is 23.0 Å². The number of hydrogen-bond acceptors (Lipinski definition) is 3. The lowest BCUT2D eigenvalue weighted by atomic mass is 10.1. The Hall–Kier alpha value is -0.940. The van der Waals surface area contributed by atoms with E-state index in [1.54, 1.807) is 22.2 Å². The fourth-order valence-electron chi connectivity index (χ4n) is 1.68. The smallest absolute Gasteiger partial charge is 0.186 e. The van der Waals surface area contributed by atoms with Crippen LogP contribution < -0.4 is 0 Å². The Morgan fingerprint density at radius 3 is 3.06 bits per heavy atom. The highest BCUT2D eigenvalue weighted by Gasteiger charge is 2.17. The number of halogens is 1. The van der Waals surface area contributed by atoms with Crippen LogP contribution in [0, 0.1) is 0 Å². The number of rotatable bonds is 5. The van der Waals surface area contributed by atoms with Crippen LogP contribution in [-0.2, 0) is 13.0 Å². The van der Waals surface area contributed by atoms with Crippen molar-refractivity contribution < 1.29 is 4.79 Å². The van der Waals surface area contributed by atoms with Crippen LogP contribution in [0.5, 0.6) is 0 Å². The van der Waals surface area contributed by atoms with Gasteiger partial charge in [-0.15, -0.1) is 0 Å². The van der Waals surface area contributed by atoms with Gasteiger partial charge < -0.3 is 0 Å². The van der Waals surface area contributed by atoms with Crippen molar-refractivity contribution in [3.8, 4) is 0 Å². The molecule has 90 valence electrons. The number of thiophene rings is 1. The first-order valence-electron chi connectivity index (χ1n) is 5.48. The number of aryl methyl sites for hydroxylation is 1. The summed E-state index contributed by atoms with van der Waals surface area (Å²) in [6.07, 6.45) is 3.10. The molecule has 0 aromatic carbocycles. The molecule has 2 rings (SSSR count). The van der Waals surface area contributed by atoms with Gasteiger partial charge in [0.1, 0.15) is 5.69 Å². The quantitative estimate of drug-likeness (QED) is 0.791. The summed E-state index contributed by atoms with van der Waals surface area (Å²) in [6, 6.07) is 1.98. The molecule has 0 aliphatic heterocycles. The zero-order valence-corrected chi connectivity index (χ0v) is 11.9. The third-order valence-electron chi connectivity index (χ3n) is 2.44. The molecule has 0 bridgehead atoms. The van der Waals surface area contributed by atoms with E-state index in [-0.39, 0.29) is 5.78 Å². The minimum absolute atomic E-state index is 0.112. The zero-order valence-electron chi connectivity index (χ0n) is 9.52. The second-order valence-electron chi connectivity index (χ2n) is 3.80. The van der Waals surface area contributed by atoms with Crippen molar-refractivity contribution in [2.75, 3.05) is 0 Å². The van der Waals surface area contributed by atoms with Gasteiger partial charge in [-0.3, -0.25) is 9.48 Å². The van der Waals surface area contributed by atoms with E-state index in [2.05, 4.69) is 28.0 Å². The Morgan fingerprint density at radius 2 is 2.41 bits per heavy atom. The van der Waals surface area contributed by atoms with Crippen molar-refractivity contribution in [3.63, 3.8) is 0 Å². The van der Waals surface area contributed by atoms with Crippen molar-refractivity contribution in [1.82, 2.24) is 9.78 Å². The Morgan fingerprint density at radius 1 is 1.59 bits per heavy atom. The molecular weight excluding hydrogens is 300 g/mol. The summed E-state index contributed by atoms with van der Waals surface area (Å²) >= 11 is 5.00. The van der Waals surface area contributed by atoms with E-state index < -0.39 is 0 Å². The fraction of sp³-hybridized carbons (Fsp3) is 0.333. The van der Waals surface area contributed by atoms with Gasteiger partial charge in [0.15, 0.2) is 5.78 Å². The predicted octanol–water partition coefficient (Wildman–Crippen LogP) is 3.54. The van der Waals surface area contributed by atoms with E-state index in [0.29, 0.717) is 12.1 Å². The first-order valence-corrected chi connectivity index (χ1v) is 7.21. The van der Waals surface area contributed by atoms with Gasteiger partial charge in [-0.25, -0.2) is 0 Å². The maximum Gasteiger partial charge on any atom is 0.186 e. The second-order valence-corrected chi connectivity index (χ2v) is 5.43. The summed E-state index contributed by atoms with van der Waals surface area (Å²) in [5.74, 6) is 0.112. The summed E-state index contributed by atoms with van der Waals surface area (Å²) in [5.41, 5.74) is 1.74. The molecule has 0 saturated heterocycles. The molecular formula is C12H13BrN2OS. The Labute approximate surface area is 113 Å². The molecule has 17 heavy (non-hydrogen) atoms. The van der Waals surface area contributed by atoms with Crippen LogP contribution in [0.3, 0.4) is 0 Å². The molecule has 2 aromatic heterocycles. The Kier molecular flexibility index (Phi) is 4.12. The van der Waals surface area contributed by atoms with Crippen molar-refractivity contribution in [3.05, 3.63) is 38.8 Å². The van der Waals surface area contributed by atoms with Crippen LogP contribution in [-0.4, -0.2) is 15.6 Å². The molecule has 0 radical (unpaired) electrons. The normalized spacial score (nSPS) is 10.7. The van der Waals surface area contributed by atoms with Gasteiger partial charge in [0, 0.05) is 13.0 Å². The average Bonchev–Trinajstić information content (AvgIpc) is 2.89. The van der Waals surface area contributed by atoms with Gasteiger partial charge in [-0.2, -0.15) is 16.4 Å². The molecule has 3 nitrogen and oxygen atoms in total. The van der Waals surface area contributed by atoms with E-state index in [4.69, 9.17) is 0 Å². The third-order valence-corrected chi connectivity index (χ3v) is 3.75. The fourth-order valence-corrected chi connectivity index (χ4v) is 2.87. The second kappa shape index (κ2) is 5.60. The number of carbonyl (C=O) groups excluding carboxylic acids is 1. The van der Waals surface area contributed by atoms with Crippen LogP contribution in [0.25, 0.3) is 0 Å². The lowest BCUT2D eigenvalue weighted by Crippen LogP contribution is -2.12. The van der Waals surface area contributed by atoms with E-state index in [9.17, 15) is 4.79 Å². The SMILES string of the molecule is CCCn1ncc(Br)c1C(=O)Cc1ccsc1. The van der Waals surface area contributed by atoms with Crippen LogP contribution >= 0.6 is 27.3 Å². The van der Waals surface area contributed by atoms with Crippen LogP contribution in [0.2, 0.25) is 0 Å². The summed E-state index contributed by atoms with van der Waals surface area (Å²) in [4.78, 5) is 12.2. The summed E-state index contributed by atoms with van der Waals surface area (Å²) < 4.78 is 2.56. The highest BCUT2D eigenvalue weighted by molar-refractivity contribution is 9.10. The summed E-state index contributed by atoms with van der Waals surface area (Å²) in [5, 5.41) is 8.20. The molecule has 0 amide bonds. The van der Waals surface area contributed by atoms with Crippen LogP contribution in [0.15, 0.2) is 27.5 Å². The standard InChI is InChI=1S/C12H13BrN2OS/c1-2-4-15-12(10(13)7-14-15)11(16)6-9-3-5-17-8-9/h3,5,7-8H,2,4,6H2,1H3. The number of hydrogen-bond donors (Lipinski definition) is 0. The highest BCUT2D eigenvalue weighted by atomic mass is 79.9. The first kappa shape index (κ1) is 12.5. The first-order chi connectivity index (χ1) is 8.22. The average molecular weight is 313 g/mol. The molecule has 2 aromatic rings. The number of Topliss-reactive ketones (excluding diaryl/α,β-unsaturated/α-hetero) is 1. The lowest BCUT2D eigenvalue weighted by molar-refractivity contribution is 0.0982. The minimum atomic E-state index is 0.112. The van der Waals surface area contributed by atoms with Crippen molar-refractivity contribution in [2.45, 2.75) is 26.3 Å². The van der Waals surface area contributed by atoms with Gasteiger partial charge in [0.05, 0.1) is 10.7 Å². The largest absolute Gasteiger partial charge is 0.292 e. The lowest BCUT2D eigenvalue weighted by Gasteiger charge is -2.05. The van der Waals surface area contributed by atoms with Gasteiger partial charge in [0.25, 0.3) is 0 Å². The van der Waals surface area contributed by atoms with E-state index in [1.807, 2.05) is 16.8 Å². The number of carbonyl (C=O) groups is 1. The van der Waals surface area contributed by atoms with Crippen LogP contribution in [0.4, 0.5) is 0 Å². The van der Waals surface area contributed by atoms with Crippen molar-refractivity contribution >= 4 is 33.0 Å². The monoisotopic (exact) mass is 312 g/mol. The highest BCUT2D eigenvalue weighted by Crippen LogP contribution is 2.19. The third kappa shape index (κ3) is 2.84. The van der Waals surface area contributed by atoms with E-state index >= 15 is 0 Å². The van der Waals surface area contributed by atoms with Crippen molar-refractivity contribution in [1.29, 1.82) is 0 Å². The van der Waals surface area contributed by atoms with Crippen molar-refractivity contribution in [2.24, 2.45) is 0 Å².